The molecule has 0 aromatic heterocycles. The Morgan fingerprint density at radius 3 is 2.13 bits per heavy atom. The van der Waals surface area contributed by atoms with Crippen LogP contribution in [0.4, 0.5) is 16.2 Å². The van der Waals surface area contributed by atoms with Gasteiger partial charge in [0.15, 0.2) is 0 Å². The molecule has 0 atom stereocenters. The van der Waals surface area contributed by atoms with Crippen LogP contribution in [0.3, 0.4) is 0 Å². The highest BCUT2D eigenvalue weighted by Gasteiger charge is 2.23. The normalized spacial score (nSPS) is 16.2. The smallest absolute Gasteiger partial charge is 0.319 e. The van der Waals surface area contributed by atoms with Crippen molar-refractivity contribution in [1.82, 2.24) is 10.6 Å². The predicted octanol–water partition coefficient (Wildman–Crippen LogP) is 2.33. The van der Waals surface area contributed by atoms with Gasteiger partial charge in [-0.3, -0.25) is 4.79 Å². The lowest BCUT2D eigenvalue weighted by molar-refractivity contribution is -0.115. The zero-order valence-corrected chi connectivity index (χ0v) is 13.7. The van der Waals surface area contributed by atoms with Crippen molar-refractivity contribution in [1.29, 1.82) is 0 Å². The number of hydrogen-bond donors (Lipinski definition) is 4. The molecule has 3 amide bonds. The summed E-state index contributed by atoms with van der Waals surface area (Å²) >= 11 is 0. The molecule has 2 fully saturated rings. The maximum atomic E-state index is 11.8. The van der Waals surface area contributed by atoms with Crippen molar-refractivity contribution in [3.63, 3.8) is 0 Å². The number of carbonyl (C=O) groups is 2. The molecule has 0 radical (unpaired) electrons. The van der Waals surface area contributed by atoms with Gasteiger partial charge in [0.05, 0.1) is 6.54 Å². The van der Waals surface area contributed by atoms with Gasteiger partial charge < -0.3 is 21.3 Å². The summed E-state index contributed by atoms with van der Waals surface area (Å²) in [4.78, 5) is 23.4. The lowest BCUT2D eigenvalue weighted by Crippen LogP contribution is -2.30. The minimum Gasteiger partial charge on any atom is -0.335 e. The number of carbonyl (C=O) groups excluding carboxylic acids is 2. The lowest BCUT2D eigenvalue weighted by Gasteiger charge is -2.09. The SMILES string of the molecule is Cl.O=C(CNCC1CC1)Nc1ccc(NC(=O)NC2CC2)cc1. The first-order valence-corrected chi connectivity index (χ1v) is 7.87. The molecule has 0 unspecified atom stereocenters. The average molecular weight is 339 g/mol. The number of hydrogen-bond acceptors (Lipinski definition) is 3. The van der Waals surface area contributed by atoms with E-state index in [1.54, 1.807) is 24.3 Å². The molecule has 2 aliphatic rings. The first-order valence-electron chi connectivity index (χ1n) is 7.87. The maximum Gasteiger partial charge on any atom is 0.319 e. The third-order valence-corrected chi connectivity index (χ3v) is 3.75. The highest BCUT2D eigenvalue weighted by molar-refractivity contribution is 5.93. The highest BCUT2D eigenvalue weighted by Crippen LogP contribution is 2.27. The van der Waals surface area contributed by atoms with Gasteiger partial charge in [0.1, 0.15) is 0 Å². The Labute approximate surface area is 142 Å². The highest BCUT2D eigenvalue weighted by atomic mass is 35.5. The molecule has 3 rings (SSSR count). The first-order chi connectivity index (χ1) is 10.7. The zero-order valence-electron chi connectivity index (χ0n) is 12.9. The third-order valence-electron chi connectivity index (χ3n) is 3.75. The van der Waals surface area contributed by atoms with Crippen LogP contribution >= 0.6 is 12.4 Å². The van der Waals surface area contributed by atoms with Gasteiger partial charge in [-0.2, -0.15) is 0 Å². The van der Waals surface area contributed by atoms with Crippen molar-refractivity contribution in [3.8, 4) is 0 Å². The number of urea groups is 1. The van der Waals surface area contributed by atoms with Crippen LogP contribution in [0.25, 0.3) is 0 Å². The Kier molecular flexibility index (Phi) is 6.24. The second-order valence-electron chi connectivity index (χ2n) is 6.07. The fourth-order valence-electron chi connectivity index (χ4n) is 2.13. The molecule has 4 N–H and O–H groups in total. The maximum absolute atomic E-state index is 11.8. The summed E-state index contributed by atoms with van der Waals surface area (Å²) in [5.41, 5.74) is 1.44. The van der Waals surface area contributed by atoms with Crippen LogP contribution in [0.2, 0.25) is 0 Å². The van der Waals surface area contributed by atoms with E-state index in [1.807, 2.05) is 0 Å². The Hall–Kier alpha value is -1.79. The van der Waals surface area contributed by atoms with Crippen molar-refractivity contribution in [2.75, 3.05) is 23.7 Å². The Bertz CT molecular complexity index is 542. The van der Waals surface area contributed by atoms with Gasteiger partial charge in [0, 0.05) is 17.4 Å². The molecule has 1 aromatic carbocycles. The lowest BCUT2D eigenvalue weighted by atomic mass is 10.2. The van der Waals surface area contributed by atoms with Crippen molar-refractivity contribution in [3.05, 3.63) is 24.3 Å². The largest absolute Gasteiger partial charge is 0.335 e. The Balaban J connectivity index is 0.00000192. The Morgan fingerprint density at radius 1 is 0.957 bits per heavy atom. The number of rotatable bonds is 7. The van der Waals surface area contributed by atoms with Crippen LogP contribution in [-0.4, -0.2) is 31.1 Å². The van der Waals surface area contributed by atoms with Crippen molar-refractivity contribution in [2.24, 2.45) is 5.92 Å². The molecule has 0 bridgehead atoms. The van der Waals surface area contributed by atoms with Crippen LogP contribution in [0.1, 0.15) is 25.7 Å². The van der Waals surface area contributed by atoms with Gasteiger partial charge in [-0.15, -0.1) is 12.4 Å². The summed E-state index contributed by atoms with van der Waals surface area (Å²) in [6.07, 6.45) is 4.68. The molecule has 2 saturated carbocycles. The molecular weight excluding hydrogens is 316 g/mol. The number of halogens is 1. The van der Waals surface area contributed by atoms with Crippen LogP contribution in [0, 0.1) is 5.92 Å². The summed E-state index contributed by atoms with van der Waals surface area (Å²) < 4.78 is 0. The average Bonchev–Trinajstić information content (AvgIpc) is 3.36. The molecule has 0 spiro atoms. The first kappa shape index (κ1) is 17.6. The standard InChI is InChI=1S/C16H22N4O2.ClH/c21-15(10-17-9-11-1-2-11)18-12-3-5-13(6-4-12)19-16(22)20-14-7-8-14;/h3-6,11,14,17H,1-2,7-10H2,(H,18,21)(H2,19,20,22);1H. The van der Waals surface area contributed by atoms with Gasteiger partial charge >= 0.3 is 6.03 Å². The molecule has 7 heteroatoms. The minimum atomic E-state index is -0.177. The molecule has 0 heterocycles. The second kappa shape index (κ2) is 8.17. The summed E-state index contributed by atoms with van der Waals surface area (Å²) in [5.74, 6) is 0.716. The molecule has 126 valence electrons. The number of nitrogens with one attached hydrogen (secondary N) is 4. The van der Waals surface area contributed by atoms with Crippen LogP contribution in [-0.2, 0) is 4.79 Å². The summed E-state index contributed by atoms with van der Waals surface area (Å²) in [7, 11) is 0. The molecule has 0 aliphatic heterocycles. The molecule has 0 saturated heterocycles. The molecule has 23 heavy (non-hydrogen) atoms. The van der Waals surface area contributed by atoms with E-state index in [2.05, 4.69) is 21.3 Å². The molecular formula is C16H23ClN4O2. The van der Waals surface area contributed by atoms with Gasteiger partial charge in [0.2, 0.25) is 5.91 Å². The van der Waals surface area contributed by atoms with E-state index in [0.29, 0.717) is 18.3 Å². The van der Waals surface area contributed by atoms with Gasteiger partial charge in [-0.05, 0) is 62.4 Å². The summed E-state index contributed by atoms with van der Waals surface area (Å²) in [5, 5.41) is 11.6. The topological polar surface area (TPSA) is 82.3 Å². The van der Waals surface area contributed by atoms with E-state index < -0.39 is 0 Å². The fourth-order valence-corrected chi connectivity index (χ4v) is 2.13. The van der Waals surface area contributed by atoms with Crippen LogP contribution in [0.5, 0.6) is 0 Å². The van der Waals surface area contributed by atoms with E-state index in [-0.39, 0.29) is 24.3 Å². The molecule has 6 nitrogen and oxygen atoms in total. The second-order valence-corrected chi connectivity index (χ2v) is 6.07. The van der Waals surface area contributed by atoms with Crippen molar-refractivity contribution in [2.45, 2.75) is 31.7 Å². The van der Waals surface area contributed by atoms with Gasteiger partial charge in [-0.25, -0.2) is 4.79 Å². The van der Waals surface area contributed by atoms with E-state index in [1.165, 1.54) is 12.8 Å². The van der Waals surface area contributed by atoms with Gasteiger partial charge in [-0.1, -0.05) is 0 Å². The Morgan fingerprint density at radius 2 is 1.57 bits per heavy atom. The fraction of sp³-hybridized carbons (Fsp3) is 0.500. The van der Waals surface area contributed by atoms with Gasteiger partial charge in [0.25, 0.3) is 0 Å². The van der Waals surface area contributed by atoms with E-state index in [0.717, 1.165) is 31.0 Å². The van der Waals surface area contributed by atoms with E-state index in [4.69, 9.17) is 0 Å². The van der Waals surface area contributed by atoms with E-state index in [9.17, 15) is 9.59 Å². The number of benzene rings is 1. The summed E-state index contributed by atoms with van der Waals surface area (Å²) in [6, 6.07) is 7.28. The zero-order chi connectivity index (χ0) is 15.4. The van der Waals surface area contributed by atoms with E-state index >= 15 is 0 Å². The predicted molar refractivity (Wildman–Crippen MR) is 93.1 cm³/mol. The third kappa shape index (κ3) is 6.46. The minimum absolute atomic E-state index is 0. The quantitative estimate of drug-likeness (QED) is 0.616. The number of amides is 3. The number of anilines is 2. The molecule has 2 aliphatic carbocycles. The molecule has 1 aromatic rings. The van der Waals surface area contributed by atoms with Crippen LogP contribution < -0.4 is 21.3 Å². The van der Waals surface area contributed by atoms with Crippen molar-refractivity contribution < 1.29 is 9.59 Å². The summed E-state index contributed by atoms with van der Waals surface area (Å²) in [6.45, 7) is 1.26. The van der Waals surface area contributed by atoms with Crippen LogP contribution in [0.15, 0.2) is 24.3 Å². The van der Waals surface area contributed by atoms with Crippen molar-refractivity contribution >= 4 is 35.7 Å². The monoisotopic (exact) mass is 338 g/mol.